The Balaban J connectivity index is 0.000000604. The zero-order valence-corrected chi connectivity index (χ0v) is 18.4. The second kappa shape index (κ2) is 12.8. The molecule has 0 aromatic heterocycles. The molecule has 0 unspecified atom stereocenters. The second-order valence-corrected chi connectivity index (χ2v) is 7.17. The Labute approximate surface area is 199 Å². The van der Waals surface area contributed by atoms with Crippen molar-refractivity contribution in [3.63, 3.8) is 0 Å². The molecule has 0 saturated heterocycles. The van der Waals surface area contributed by atoms with Gasteiger partial charge in [0.2, 0.25) is 5.91 Å². The number of carbonyl (C=O) groups is 4. The number of anilines is 1. The van der Waals surface area contributed by atoms with E-state index in [2.05, 4.69) is 10.6 Å². The van der Waals surface area contributed by atoms with Gasteiger partial charge in [-0.3, -0.25) is 9.59 Å². The van der Waals surface area contributed by atoms with Crippen LogP contribution < -0.4 is 10.6 Å². The molecule has 0 atom stereocenters. The SMILES string of the molecule is O=C(CNCc1ccccc1F)Nc1ccc(Cl)cc1C(=O)c1ccccc1.O=C(O)C(=O)O. The summed E-state index contributed by atoms with van der Waals surface area (Å²) in [5, 5.41) is 20.8. The van der Waals surface area contributed by atoms with Gasteiger partial charge in [-0.25, -0.2) is 14.0 Å². The molecule has 0 heterocycles. The Hall–Kier alpha value is -4.08. The summed E-state index contributed by atoms with van der Waals surface area (Å²) in [6.45, 7) is 0.187. The molecule has 0 aliphatic rings. The lowest BCUT2D eigenvalue weighted by molar-refractivity contribution is -0.159. The van der Waals surface area contributed by atoms with Gasteiger partial charge in [-0.05, 0) is 24.3 Å². The van der Waals surface area contributed by atoms with Crippen LogP contribution in [0.25, 0.3) is 0 Å². The number of amides is 1. The van der Waals surface area contributed by atoms with Gasteiger partial charge < -0.3 is 20.8 Å². The smallest absolute Gasteiger partial charge is 0.414 e. The van der Waals surface area contributed by atoms with Gasteiger partial charge in [0.15, 0.2) is 5.78 Å². The van der Waals surface area contributed by atoms with E-state index >= 15 is 0 Å². The summed E-state index contributed by atoms with van der Waals surface area (Å²) in [5.74, 6) is -4.56. The maximum Gasteiger partial charge on any atom is 0.414 e. The van der Waals surface area contributed by atoms with Gasteiger partial charge in [-0.2, -0.15) is 0 Å². The van der Waals surface area contributed by atoms with Crippen LogP contribution in [0.5, 0.6) is 0 Å². The molecule has 0 fully saturated rings. The van der Waals surface area contributed by atoms with E-state index in [0.717, 1.165) is 0 Å². The van der Waals surface area contributed by atoms with E-state index in [0.29, 0.717) is 27.4 Å². The zero-order chi connectivity index (χ0) is 25.1. The summed E-state index contributed by atoms with van der Waals surface area (Å²) in [5.41, 5.74) is 1.65. The summed E-state index contributed by atoms with van der Waals surface area (Å²) in [7, 11) is 0. The van der Waals surface area contributed by atoms with Crippen molar-refractivity contribution in [2.75, 3.05) is 11.9 Å². The fourth-order valence-electron chi connectivity index (χ4n) is 2.71. The van der Waals surface area contributed by atoms with Gasteiger partial charge in [-0.1, -0.05) is 60.1 Å². The molecule has 0 saturated carbocycles. The summed E-state index contributed by atoms with van der Waals surface area (Å²) in [6.07, 6.45) is 0. The van der Waals surface area contributed by atoms with Crippen LogP contribution in [0.2, 0.25) is 5.02 Å². The first-order valence-corrected chi connectivity index (χ1v) is 10.2. The molecule has 0 radical (unpaired) electrons. The van der Waals surface area contributed by atoms with Gasteiger partial charge in [0.1, 0.15) is 5.82 Å². The second-order valence-electron chi connectivity index (χ2n) is 6.74. The average Bonchev–Trinajstić information content (AvgIpc) is 2.82. The molecule has 0 aliphatic carbocycles. The molecule has 8 nitrogen and oxygen atoms in total. The van der Waals surface area contributed by atoms with Gasteiger partial charge in [-0.15, -0.1) is 0 Å². The first-order chi connectivity index (χ1) is 16.2. The number of hydrogen-bond acceptors (Lipinski definition) is 5. The lowest BCUT2D eigenvalue weighted by Crippen LogP contribution is -2.28. The first kappa shape index (κ1) is 26.2. The molecule has 0 aliphatic heterocycles. The number of ketones is 1. The van der Waals surface area contributed by atoms with Gasteiger partial charge >= 0.3 is 11.9 Å². The van der Waals surface area contributed by atoms with E-state index in [1.54, 1.807) is 54.6 Å². The van der Waals surface area contributed by atoms with Crippen molar-refractivity contribution in [3.8, 4) is 0 Å². The Bertz CT molecular complexity index is 1180. The predicted molar refractivity (Wildman–Crippen MR) is 123 cm³/mol. The molecule has 3 aromatic carbocycles. The highest BCUT2D eigenvalue weighted by atomic mass is 35.5. The summed E-state index contributed by atoms with van der Waals surface area (Å²) < 4.78 is 13.6. The van der Waals surface area contributed by atoms with Crippen LogP contribution in [0.4, 0.5) is 10.1 Å². The van der Waals surface area contributed by atoms with Crippen LogP contribution in [-0.2, 0) is 20.9 Å². The molecule has 3 aromatic rings. The molecule has 10 heteroatoms. The lowest BCUT2D eigenvalue weighted by Gasteiger charge is -2.12. The molecule has 0 bridgehead atoms. The van der Waals surface area contributed by atoms with Crippen molar-refractivity contribution in [3.05, 3.63) is 100 Å². The van der Waals surface area contributed by atoms with E-state index < -0.39 is 11.9 Å². The fourth-order valence-corrected chi connectivity index (χ4v) is 2.88. The maximum absolute atomic E-state index is 13.6. The minimum atomic E-state index is -1.82. The summed E-state index contributed by atoms with van der Waals surface area (Å²) in [6, 6.07) is 19.8. The average molecular weight is 487 g/mol. The monoisotopic (exact) mass is 486 g/mol. The molecule has 34 heavy (non-hydrogen) atoms. The first-order valence-electron chi connectivity index (χ1n) is 9.78. The Morgan fingerprint density at radius 3 is 2.09 bits per heavy atom. The number of aliphatic carboxylic acids is 2. The topological polar surface area (TPSA) is 133 Å². The van der Waals surface area contributed by atoms with Gasteiger partial charge in [0.05, 0.1) is 12.2 Å². The number of carboxylic acids is 2. The number of nitrogens with one attached hydrogen (secondary N) is 2. The number of benzene rings is 3. The molecule has 176 valence electrons. The molecular formula is C24H20ClFN2O6. The summed E-state index contributed by atoms with van der Waals surface area (Å²) in [4.78, 5) is 43.2. The van der Waals surface area contributed by atoms with Crippen molar-refractivity contribution in [1.29, 1.82) is 0 Å². The van der Waals surface area contributed by atoms with E-state index in [-0.39, 0.29) is 30.6 Å². The lowest BCUT2D eigenvalue weighted by atomic mass is 10.0. The van der Waals surface area contributed by atoms with E-state index in [9.17, 15) is 14.0 Å². The number of rotatable bonds is 7. The molecule has 0 spiro atoms. The van der Waals surface area contributed by atoms with Crippen molar-refractivity contribution < 1.29 is 33.8 Å². The van der Waals surface area contributed by atoms with Crippen LogP contribution in [0, 0.1) is 5.82 Å². The van der Waals surface area contributed by atoms with Crippen molar-refractivity contribution in [2.24, 2.45) is 0 Å². The third kappa shape index (κ3) is 8.12. The number of halogens is 2. The largest absolute Gasteiger partial charge is 0.473 e. The number of carbonyl (C=O) groups excluding carboxylic acids is 2. The molecule has 3 rings (SSSR count). The Morgan fingerprint density at radius 1 is 0.853 bits per heavy atom. The van der Waals surface area contributed by atoms with Gasteiger partial charge in [0, 0.05) is 28.3 Å². The van der Waals surface area contributed by atoms with Crippen molar-refractivity contribution in [1.82, 2.24) is 5.32 Å². The van der Waals surface area contributed by atoms with Crippen molar-refractivity contribution >= 4 is 40.9 Å². The predicted octanol–water partition coefficient (Wildman–Crippen LogP) is 3.59. The Morgan fingerprint density at radius 2 is 1.47 bits per heavy atom. The minimum Gasteiger partial charge on any atom is -0.473 e. The van der Waals surface area contributed by atoms with Crippen LogP contribution in [0.3, 0.4) is 0 Å². The van der Waals surface area contributed by atoms with Crippen LogP contribution in [0.15, 0.2) is 72.8 Å². The van der Waals surface area contributed by atoms with E-state index in [1.165, 1.54) is 12.1 Å². The molecule has 4 N–H and O–H groups in total. The molecular weight excluding hydrogens is 467 g/mol. The minimum absolute atomic E-state index is 0.0318. The maximum atomic E-state index is 13.6. The highest BCUT2D eigenvalue weighted by Gasteiger charge is 2.16. The van der Waals surface area contributed by atoms with Crippen LogP contribution >= 0.6 is 11.6 Å². The summed E-state index contributed by atoms with van der Waals surface area (Å²) >= 11 is 6.04. The van der Waals surface area contributed by atoms with Crippen molar-refractivity contribution in [2.45, 2.75) is 6.54 Å². The quantitative estimate of drug-likeness (QED) is 0.296. The standard InChI is InChI=1S/C22H18ClFN2O2.C2H2O4/c23-17-10-11-20(18(12-17)22(28)15-6-2-1-3-7-15)26-21(27)14-25-13-16-8-4-5-9-19(16)24;3-1(4)2(5)6/h1-12,25H,13-14H2,(H,26,27);(H,3,4)(H,5,6). The van der Waals surface area contributed by atoms with Crippen LogP contribution in [-0.4, -0.2) is 40.4 Å². The fraction of sp³-hybridized carbons (Fsp3) is 0.0833. The third-order valence-corrected chi connectivity index (χ3v) is 4.51. The zero-order valence-electron chi connectivity index (χ0n) is 17.6. The normalized spacial score (nSPS) is 9.94. The van der Waals surface area contributed by atoms with Crippen LogP contribution in [0.1, 0.15) is 21.5 Å². The highest BCUT2D eigenvalue weighted by Crippen LogP contribution is 2.23. The highest BCUT2D eigenvalue weighted by molar-refractivity contribution is 6.31. The number of hydrogen-bond donors (Lipinski definition) is 4. The molecule has 1 amide bonds. The van der Waals surface area contributed by atoms with E-state index in [4.69, 9.17) is 31.4 Å². The number of carboxylic acid groups (broad SMARTS) is 2. The van der Waals surface area contributed by atoms with E-state index in [1.807, 2.05) is 6.07 Å². The third-order valence-electron chi connectivity index (χ3n) is 4.28. The Kier molecular flexibility index (Phi) is 9.88. The van der Waals surface area contributed by atoms with Gasteiger partial charge in [0.25, 0.3) is 0 Å².